The van der Waals surface area contributed by atoms with E-state index in [1.165, 1.54) is 0 Å². The van der Waals surface area contributed by atoms with Crippen molar-refractivity contribution < 1.29 is 0 Å². The fourth-order valence-corrected chi connectivity index (χ4v) is 3.70. The standard InChI is InChI=1S/C23H18N4O/c24-14-15-5-4-8-17(11-15)18-9-10-19-20(16-6-2-1-3-7-16)13-22-25-26-23(28)27(22)21(19)12-18/h1-13H,14,24H2,(H,26,28). The van der Waals surface area contributed by atoms with Crippen molar-refractivity contribution in [1.29, 1.82) is 0 Å². The summed E-state index contributed by atoms with van der Waals surface area (Å²) in [5.74, 6) is 0. The molecule has 5 nitrogen and oxygen atoms in total. The first-order valence-electron chi connectivity index (χ1n) is 9.13. The molecule has 0 unspecified atom stereocenters. The number of fused-ring (bicyclic) bond motifs is 3. The van der Waals surface area contributed by atoms with E-state index in [4.69, 9.17) is 5.73 Å². The molecular weight excluding hydrogens is 348 g/mol. The van der Waals surface area contributed by atoms with Crippen molar-refractivity contribution in [3.05, 3.63) is 94.9 Å². The number of aromatic amines is 1. The summed E-state index contributed by atoms with van der Waals surface area (Å²) in [5.41, 5.74) is 12.3. The number of nitrogens with one attached hydrogen (secondary N) is 1. The SMILES string of the molecule is NCc1cccc(-c2ccc3c(-c4ccccc4)cc4n[nH]c(=O)n4c3c2)c1. The van der Waals surface area contributed by atoms with E-state index in [1.807, 2.05) is 42.5 Å². The molecule has 5 aromatic rings. The van der Waals surface area contributed by atoms with Gasteiger partial charge in [0.25, 0.3) is 0 Å². The Bertz CT molecular complexity index is 1370. The van der Waals surface area contributed by atoms with Gasteiger partial charge in [-0.1, -0.05) is 60.7 Å². The molecule has 0 aliphatic rings. The summed E-state index contributed by atoms with van der Waals surface area (Å²) >= 11 is 0. The number of hydrogen-bond donors (Lipinski definition) is 2. The molecule has 2 aromatic heterocycles. The van der Waals surface area contributed by atoms with E-state index in [2.05, 4.69) is 46.6 Å². The van der Waals surface area contributed by atoms with E-state index in [-0.39, 0.29) is 5.69 Å². The van der Waals surface area contributed by atoms with Gasteiger partial charge in [-0.3, -0.25) is 0 Å². The molecule has 0 aliphatic carbocycles. The summed E-state index contributed by atoms with van der Waals surface area (Å²) in [6, 6.07) is 26.4. The molecule has 5 heteroatoms. The number of nitrogens with zero attached hydrogens (tertiary/aromatic N) is 2. The number of pyridine rings is 1. The minimum Gasteiger partial charge on any atom is -0.326 e. The third-order valence-corrected chi connectivity index (χ3v) is 5.08. The largest absolute Gasteiger partial charge is 0.348 e. The van der Waals surface area contributed by atoms with Crippen LogP contribution in [0.3, 0.4) is 0 Å². The summed E-state index contributed by atoms with van der Waals surface area (Å²) in [7, 11) is 0. The predicted octanol–water partition coefficient (Wildman–Crippen LogP) is 3.97. The third-order valence-electron chi connectivity index (χ3n) is 5.08. The number of benzene rings is 3. The van der Waals surface area contributed by atoms with Crippen molar-refractivity contribution >= 4 is 16.6 Å². The Balaban J connectivity index is 1.84. The van der Waals surface area contributed by atoms with Crippen molar-refractivity contribution in [1.82, 2.24) is 14.6 Å². The molecule has 0 radical (unpaired) electrons. The number of nitrogens with two attached hydrogens (primary N) is 1. The molecule has 28 heavy (non-hydrogen) atoms. The first-order chi connectivity index (χ1) is 13.7. The van der Waals surface area contributed by atoms with E-state index in [1.54, 1.807) is 4.40 Å². The molecule has 3 aromatic carbocycles. The Morgan fingerprint density at radius 2 is 1.64 bits per heavy atom. The zero-order chi connectivity index (χ0) is 19.1. The van der Waals surface area contributed by atoms with Gasteiger partial charge in [-0.15, -0.1) is 0 Å². The van der Waals surface area contributed by atoms with Crippen LogP contribution >= 0.6 is 0 Å². The first kappa shape index (κ1) is 16.5. The van der Waals surface area contributed by atoms with Crippen molar-refractivity contribution in [3.63, 3.8) is 0 Å². The van der Waals surface area contributed by atoms with Gasteiger partial charge in [0.15, 0.2) is 5.65 Å². The fourth-order valence-electron chi connectivity index (χ4n) is 3.70. The molecule has 0 saturated carbocycles. The normalized spacial score (nSPS) is 11.3. The second kappa shape index (κ2) is 6.48. The highest BCUT2D eigenvalue weighted by atomic mass is 16.1. The monoisotopic (exact) mass is 366 g/mol. The Morgan fingerprint density at radius 3 is 2.46 bits per heavy atom. The molecule has 2 heterocycles. The van der Waals surface area contributed by atoms with Gasteiger partial charge in [0.1, 0.15) is 0 Å². The molecule has 0 aliphatic heterocycles. The van der Waals surface area contributed by atoms with Crippen molar-refractivity contribution in [2.45, 2.75) is 6.54 Å². The minimum absolute atomic E-state index is 0.243. The van der Waals surface area contributed by atoms with Gasteiger partial charge in [-0.2, -0.15) is 5.10 Å². The molecule has 3 N–H and O–H groups in total. The summed E-state index contributed by atoms with van der Waals surface area (Å²) in [6.45, 7) is 0.491. The van der Waals surface area contributed by atoms with Crippen LogP contribution in [0.1, 0.15) is 5.56 Å². The molecule has 136 valence electrons. The Morgan fingerprint density at radius 1 is 0.857 bits per heavy atom. The van der Waals surface area contributed by atoms with E-state index in [0.29, 0.717) is 12.2 Å². The molecule has 0 saturated heterocycles. The van der Waals surface area contributed by atoms with Crippen LogP contribution in [0, 0.1) is 0 Å². The molecule has 5 rings (SSSR count). The summed E-state index contributed by atoms with van der Waals surface area (Å²) in [4.78, 5) is 12.4. The second-order valence-corrected chi connectivity index (χ2v) is 6.78. The Labute approximate surface area is 161 Å². The topological polar surface area (TPSA) is 76.2 Å². The zero-order valence-electron chi connectivity index (χ0n) is 15.1. The molecule has 0 amide bonds. The quantitative estimate of drug-likeness (QED) is 0.507. The lowest BCUT2D eigenvalue weighted by atomic mass is 9.97. The van der Waals surface area contributed by atoms with Crippen LogP contribution in [-0.2, 0) is 6.54 Å². The Hall–Kier alpha value is -3.70. The predicted molar refractivity (Wildman–Crippen MR) is 112 cm³/mol. The van der Waals surface area contributed by atoms with Crippen LogP contribution in [0.2, 0.25) is 0 Å². The molecule has 0 bridgehead atoms. The smallest absolute Gasteiger partial charge is 0.326 e. The highest BCUT2D eigenvalue weighted by Gasteiger charge is 2.13. The van der Waals surface area contributed by atoms with Gasteiger partial charge in [0, 0.05) is 11.9 Å². The van der Waals surface area contributed by atoms with Crippen molar-refractivity contribution in [2.75, 3.05) is 0 Å². The van der Waals surface area contributed by atoms with Gasteiger partial charge >= 0.3 is 5.69 Å². The van der Waals surface area contributed by atoms with Crippen LogP contribution in [-0.4, -0.2) is 14.6 Å². The van der Waals surface area contributed by atoms with Gasteiger partial charge < -0.3 is 5.73 Å². The van der Waals surface area contributed by atoms with E-state index in [0.717, 1.165) is 38.7 Å². The van der Waals surface area contributed by atoms with Crippen LogP contribution < -0.4 is 11.4 Å². The van der Waals surface area contributed by atoms with Crippen LogP contribution in [0.5, 0.6) is 0 Å². The minimum atomic E-state index is -0.243. The van der Waals surface area contributed by atoms with Gasteiger partial charge in [-0.25, -0.2) is 14.3 Å². The lowest BCUT2D eigenvalue weighted by molar-refractivity contribution is 1.04. The van der Waals surface area contributed by atoms with Crippen molar-refractivity contribution in [3.8, 4) is 22.3 Å². The van der Waals surface area contributed by atoms with Crippen LogP contribution in [0.25, 0.3) is 38.8 Å². The fraction of sp³-hybridized carbons (Fsp3) is 0.0435. The Kier molecular flexibility index (Phi) is 3.81. The average molecular weight is 366 g/mol. The van der Waals surface area contributed by atoms with Gasteiger partial charge in [0.05, 0.1) is 5.52 Å². The number of rotatable bonds is 3. The first-order valence-corrected chi connectivity index (χ1v) is 9.13. The molecule has 0 fully saturated rings. The number of hydrogen-bond acceptors (Lipinski definition) is 3. The van der Waals surface area contributed by atoms with E-state index < -0.39 is 0 Å². The maximum Gasteiger partial charge on any atom is 0.348 e. The van der Waals surface area contributed by atoms with Crippen LogP contribution in [0.15, 0.2) is 83.7 Å². The maximum absolute atomic E-state index is 12.4. The summed E-state index contributed by atoms with van der Waals surface area (Å²) in [6.07, 6.45) is 0. The van der Waals surface area contributed by atoms with E-state index in [9.17, 15) is 4.79 Å². The molecule has 0 atom stereocenters. The summed E-state index contributed by atoms with van der Waals surface area (Å²) in [5, 5.41) is 7.76. The van der Waals surface area contributed by atoms with Gasteiger partial charge in [0.2, 0.25) is 0 Å². The average Bonchev–Trinajstić information content (AvgIpc) is 3.14. The summed E-state index contributed by atoms with van der Waals surface area (Å²) < 4.78 is 1.62. The second-order valence-electron chi connectivity index (χ2n) is 6.78. The van der Waals surface area contributed by atoms with E-state index >= 15 is 0 Å². The third kappa shape index (κ3) is 2.61. The molecule has 0 spiro atoms. The van der Waals surface area contributed by atoms with Crippen molar-refractivity contribution in [2.24, 2.45) is 5.73 Å². The number of H-pyrrole nitrogens is 1. The lowest BCUT2D eigenvalue weighted by Gasteiger charge is -2.11. The number of aromatic nitrogens is 3. The maximum atomic E-state index is 12.4. The zero-order valence-corrected chi connectivity index (χ0v) is 15.1. The lowest BCUT2D eigenvalue weighted by Crippen LogP contribution is -2.10. The van der Waals surface area contributed by atoms with Gasteiger partial charge in [-0.05, 0) is 46.0 Å². The molecular formula is C23H18N4O. The highest BCUT2D eigenvalue weighted by molar-refractivity contribution is 5.98. The van der Waals surface area contributed by atoms with Crippen LogP contribution in [0.4, 0.5) is 0 Å². The highest BCUT2D eigenvalue weighted by Crippen LogP contribution is 2.32.